The van der Waals surface area contributed by atoms with E-state index in [1.54, 1.807) is 0 Å². The molecule has 110 valence electrons. The van der Waals surface area contributed by atoms with Crippen LogP contribution in [0.4, 0.5) is 5.69 Å². The van der Waals surface area contributed by atoms with Gasteiger partial charge in [0.1, 0.15) is 5.75 Å². The summed E-state index contributed by atoms with van der Waals surface area (Å²) in [6, 6.07) is 5.78. The van der Waals surface area contributed by atoms with Gasteiger partial charge in [0.2, 0.25) is 5.91 Å². The minimum Gasteiger partial charge on any atom is -0.494 e. The highest BCUT2D eigenvalue weighted by atomic mass is 16.5. The van der Waals surface area contributed by atoms with Crippen LogP contribution in [0.1, 0.15) is 32.3 Å². The summed E-state index contributed by atoms with van der Waals surface area (Å²) in [4.78, 5) is 12.5. The van der Waals surface area contributed by atoms with Gasteiger partial charge in [0.05, 0.1) is 6.61 Å². The number of carbonyl (C=O) groups excluding carboxylic acids is 1. The summed E-state index contributed by atoms with van der Waals surface area (Å²) in [7, 11) is 0. The van der Waals surface area contributed by atoms with Crippen molar-refractivity contribution in [2.75, 3.05) is 25.0 Å². The predicted octanol–water partition coefficient (Wildman–Crippen LogP) is 2.72. The molecule has 0 aromatic heterocycles. The van der Waals surface area contributed by atoms with E-state index in [-0.39, 0.29) is 11.3 Å². The molecule has 0 aliphatic carbocycles. The van der Waals surface area contributed by atoms with Gasteiger partial charge < -0.3 is 15.4 Å². The first-order chi connectivity index (χ1) is 9.55. The summed E-state index contributed by atoms with van der Waals surface area (Å²) in [5, 5.41) is 6.36. The lowest BCUT2D eigenvalue weighted by Crippen LogP contribution is -2.42. The maximum atomic E-state index is 12.5. The van der Waals surface area contributed by atoms with Crippen LogP contribution < -0.4 is 15.4 Å². The molecule has 1 aliphatic heterocycles. The number of nitrogens with one attached hydrogen (secondary N) is 2. The first-order valence-corrected chi connectivity index (χ1v) is 7.31. The molecule has 4 heteroatoms. The zero-order valence-electron chi connectivity index (χ0n) is 12.6. The lowest BCUT2D eigenvalue weighted by Gasteiger charge is -2.32. The highest BCUT2D eigenvalue weighted by Gasteiger charge is 2.34. The van der Waals surface area contributed by atoms with Crippen molar-refractivity contribution in [1.29, 1.82) is 0 Å². The summed E-state index contributed by atoms with van der Waals surface area (Å²) < 4.78 is 5.46. The van der Waals surface area contributed by atoms with Crippen LogP contribution in [0.15, 0.2) is 18.2 Å². The summed E-state index contributed by atoms with van der Waals surface area (Å²) in [5.74, 6) is 0.960. The predicted molar refractivity (Wildman–Crippen MR) is 81.2 cm³/mol. The molecule has 1 fully saturated rings. The van der Waals surface area contributed by atoms with Gasteiger partial charge in [0.25, 0.3) is 0 Å². The van der Waals surface area contributed by atoms with E-state index in [4.69, 9.17) is 4.74 Å². The van der Waals surface area contributed by atoms with E-state index < -0.39 is 0 Å². The van der Waals surface area contributed by atoms with Crippen LogP contribution in [0.2, 0.25) is 0 Å². The van der Waals surface area contributed by atoms with Gasteiger partial charge >= 0.3 is 0 Å². The van der Waals surface area contributed by atoms with Crippen LogP contribution in [0, 0.1) is 12.3 Å². The Kier molecular flexibility index (Phi) is 4.65. The Hall–Kier alpha value is -1.55. The van der Waals surface area contributed by atoms with Crippen LogP contribution in [0.25, 0.3) is 0 Å². The van der Waals surface area contributed by atoms with Gasteiger partial charge in [-0.1, -0.05) is 6.92 Å². The number of rotatable bonds is 4. The Morgan fingerprint density at radius 2 is 2.10 bits per heavy atom. The van der Waals surface area contributed by atoms with E-state index in [2.05, 4.69) is 10.6 Å². The van der Waals surface area contributed by atoms with E-state index >= 15 is 0 Å². The van der Waals surface area contributed by atoms with Crippen LogP contribution in [0.5, 0.6) is 5.75 Å². The van der Waals surface area contributed by atoms with Crippen LogP contribution in [0.3, 0.4) is 0 Å². The lowest BCUT2D eigenvalue weighted by atomic mass is 9.80. The lowest BCUT2D eigenvalue weighted by molar-refractivity contribution is -0.126. The fourth-order valence-corrected chi connectivity index (χ4v) is 2.51. The Bertz CT molecular complexity index is 479. The third kappa shape index (κ3) is 3.31. The third-order valence-electron chi connectivity index (χ3n) is 4.01. The smallest absolute Gasteiger partial charge is 0.230 e. The topological polar surface area (TPSA) is 50.4 Å². The minimum atomic E-state index is -0.268. The number of amides is 1. The molecule has 2 rings (SSSR count). The van der Waals surface area contributed by atoms with Crippen LogP contribution in [-0.4, -0.2) is 25.6 Å². The number of hydrogen-bond acceptors (Lipinski definition) is 3. The molecule has 0 saturated carbocycles. The molecule has 1 saturated heterocycles. The van der Waals surface area contributed by atoms with E-state index in [0.717, 1.165) is 42.9 Å². The van der Waals surface area contributed by atoms with Gasteiger partial charge in [-0.3, -0.25) is 4.79 Å². The largest absolute Gasteiger partial charge is 0.494 e. The second kappa shape index (κ2) is 6.27. The van der Waals surface area contributed by atoms with Crippen molar-refractivity contribution >= 4 is 11.6 Å². The summed E-state index contributed by atoms with van der Waals surface area (Å²) >= 11 is 0. The summed E-state index contributed by atoms with van der Waals surface area (Å²) in [6.45, 7) is 8.47. The van der Waals surface area contributed by atoms with Crippen molar-refractivity contribution < 1.29 is 9.53 Å². The van der Waals surface area contributed by atoms with Crippen molar-refractivity contribution in [1.82, 2.24) is 5.32 Å². The first-order valence-electron chi connectivity index (χ1n) is 7.31. The molecule has 1 aromatic carbocycles. The third-order valence-corrected chi connectivity index (χ3v) is 4.01. The SMILES string of the molecule is CCOc1ccc(NC(=O)C2(C)CCNCC2)c(C)c1. The van der Waals surface area contributed by atoms with E-state index in [1.807, 2.05) is 39.0 Å². The second-order valence-corrected chi connectivity index (χ2v) is 5.67. The molecule has 4 nitrogen and oxygen atoms in total. The standard InChI is InChI=1S/C16H24N2O2/c1-4-20-13-5-6-14(12(2)11-13)18-15(19)16(3)7-9-17-10-8-16/h5-6,11,17H,4,7-10H2,1-3H3,(H,18,19). The summed E-state index contributed by atoms with van der Waals surface area (Å²) in [5.41, 5.74) is 1.64. The molecule has 1 aromatic rings. The zero-order chi connectivity index (χ0) is 14.6. The number of benzene rings is 1. The zero-order valence-corrected chi connectivity index (χ0v) is 12.6. The molecule has 0 spiro atoms. The van der Waals surface area contributed by atoms with Crippen molar-refractivity contribution in [3.8, 4) is 5.75 Å². The van der Waals surface area contributed by atoms with Crippen molar-refractivity contribution in [2.45, 2.75) is 33.6 Å². The maximum absolute atomic E-state index is 12.5. The van der Waals surface area contributed by atoms with Crippen LogP contribution >= 0.6 is 0 Å². The van der Waals surface area contributed by atoms with Crippen molar-refractivity contribution in [3.63, 3.8) is 0 Å². The molecule has 20 heavy (non-hydrogen) atoms. The molecule has 0 bridgehead atoms. The van der Waals surface area contributed by atoms with Gasteiger partial charge in [-0.2, -0.15) is 0 Å². The van der Waals surface area contributed by atoms with E-state index in [1.165, 1.54) is 0 Å². The average molecular weight is 276 g/mol. The fourth-order valence-electron chi connectivity index (χ4n) is 2.51. The summed E-state index contributed by atoms with van der Waals surface area (Å²) in [6.07, 6.45) is 1.77. The molecule has 1 heterocycles. The Labute approximate surface area is 120 Å². The first kappa shape index (κ1) is 14.9. The van der Waals surface area contributed by atoms with Gasteiger partial charge in [0, 0.05) is 11.1 Å². The monoisotopic (exact) mass is 276 g/mol. The highest BCUT2D eigenvalue weighted by molar-refractivity contribution is 5.95. The van der Waals surface area contributed by atoms with E-state index in [9.17, 15) is 4.79 Å². The van der Waals surface area contributed by atoms with Gasteiger partial charge in [-0.15, -0.1) is 0 Å². The molecular weight excluding hydrogens is 252 g/mol. The van der Waals surface area contributed by atoms with E-state index in [0.29, 0.717) is 6.61 Å². The fraction of sp³-hybridized carbons (Fsp3) is 0.562. The van der Waals surface area contributed by atoms with Crippen molar-refractivity contribution in [2.24, 2.45) is 5.41 Å². The number of aryl methyl sites for hydroxylation is 1. The number of ether oxygens (including phenoxy) is 1. The maximum Gasteiger partial charge on any atom is 0.230 e. The van der Waals surface area contributed by atoms with Gasteiger partial charge in [-0.05, 0) is 63.5 Å². The van der Waals surface area contributed by atoms with Crippen LogP contribution in [-0.2, 0) is 4.79 Å². The Morgan fingerprint density at radius 1 is 1.40 bits per heavy atom. The molecule has 1 aliphatic rings. The molecule has 0 atom stereocenters. The molecule has 1 amide bonds. The molecule has 0 unspecified atom stereocenters. The molecule has 0 radical (unpaired) electrons. The highest BCUT2D eigenvalue weighted by Crippen LogP contribution is 2.30. The van der Waals surface area contributed by atoms with Gasteiger partial charge in [0.15, 0.2) is 0 Å². The minimum absolute atomic E-state index is 0.117. The molecule has 2 N–H and O–H groups in total. The number of anilines is 1. The second-order valence-electron chi connectivity index (χ2n) is 5.67. The normalized spacial score (nSPS) is 17.6. The number of hydrogen-bond donors (Lipinski definition) is 2. The van der Waals surface area contributed by atoms with Gasteiger partial charge in [-0.25, -0.2) is 0 Å². The average Bonchev–Trinajstić information content (AvgIpc) is 2.43. The molecular formula is C16H24N2O2. The number of carbonyl (C=O) groups is 1. The Balaban J connectivity index is 2.07. The Morgan fingerprint density at radius 3 is 2.70 bits per heavy atom. The number of piperidine rings is 1. The quantitative estimate of drug-likeness (QED) is 0.889. The van der Waals surface area contributed by atoms with Crippen molar-refractivity contribution in [3.05, 3.63) is 23.8 Å².